The number of rotatable bonds is 9. The van der Waals surface area contributed by atoms with Crippen LogP contribution in [-0.4, -0.2) is 74.9 Å². The van der Waals surface area contributed by atoms with Crippen molar-refractivity contribution in [2.24, 2.45) is 0 Å². The van der Waals surface area contributed by atoms with Crippen LogP contribution in [0.3, 0.4) is 0 Å². The maximum Gasteiger partial charge on any atom is 0.253 e. The van der Waals surface area contributed by atoms with Crippen molar-refractivity contribution < 1.29 is 17.9 Å². The molecule has 0 aliphatic carbocycles. The Morgan fingerprint density at radius 2 is 1.70 bits per heavy atom. The van der Waals surface area contributed by atoms with Gasteiger partial charge in [-0.05, 0) is 42.5 Å². The molecule has 1 saturated heterocycles. The molecule has 1 amide bonds. The number of amides is 1. The van der Waals surface area contributed by atoms with Crippen LogP contribution in [0.1, 0.15) is 23.2 Å². The van der Waals surface area contributed by atoms with Crippen LogP contribution in [0.15, 0.2) is 47.4 Å². The highest BCUT2D eigenvalue weighted by Gasteiger charge is 2.26. The lowest BCUT2D eigenvalue weighted by molar-refractivity contribution is 0.0746. The number of nitrogens with zero attached hydrogens (tertiary/aromatic N) is 6. The van der Waals surface area contributed by atoms with Crippen LogP contribution < -0.4 is 9.64 Å². The highest BCUT2D eigenvalue weighted by atomic mass is 32.2. The van der Waals surface area contributed by atoms with E-state index in [0.29, 0.717) is 31.7 Å². The van der Waals surface area contributed by atoms with E-state index in [0.717, 1.165) is 25.4 Å². The minimum absolute atomic E-state index is 0.00762. The first kappa shape index (κ1) is 26.4. The van der Waals surface area contributed by atoms with E-state index in [1.807, 2.05) is 30.3 Å². The van der Waals surface area contributed by atoms with Crippen molar-refractivity contribution in [3.05, 3.63) is 48.0 Å². The van der Waals surface area contributed by atoms with Gasteiger partial charge in [-0.25, -0.2) is 13.4 Å². The third-order valence-electron chi connectivity index (χ3n) is 6.11. The standard InChI is InChI=1S/C25H26N6O4S2/c1-35-20-6-9-22-23(18-20)36-25(28-22)30-16-14-29(15-17-30)24(32)19-4-7-21(8-5-19)37(33,34)31(12-2-10-26)13-3-11-27/h4-9,18H,2-3,12-17H2,1H3. The summed E-state index contributed by atoms with van der Waals surface area (Å²) in [6, 6.07) is 15.5. The third-order valence-corrected chi connectivity index (χ3v) is 9.10. The van der Waals surface area contributed by atoms with Crippen LogP contribution in [0, 0.1) is 22.7 Å². The number of ether oxygens (including phenoxy) is 1. The van der Waals surface area contributed by atoms with Gasteiger partial charge in [0.25, 0.3) is 5.91 Å². The van der Waals surface area contributed by atoms with Gasteiger partial charge in [-0.1, -0.05) is 11.3 Å². The molecule has 0 N–H and O–H groups in total. The Bertz CT molecular complexity index is 1430. The zero-order valence-corrected chi connectivity index (χ0v) is 22.0. The zero-order valence-electron chi connectivity index (χ0n) is 20.3. The predicted octanol–water partition coefficient (Wildman–Crippen LogP) is 3.09. The maximum absolute atomic E-state index is 13.1. The number of methoxy groups -OCH3 is 1. The number of piperazine rings is 1. The second kappa shape index (κ2) is 11.6. The van der Waals surface area contributed by atoms with E-state index in [9.17, 15) is 13.2 Å². The molecule has 1 aromatic heterocycles. The minimum Gasteiger partial charge on any atom is -0.497 e. The quantitative estimate of drug-likeness (QED) is 0.406. The maximum atomic E-state index is 13.1. The SMILES string of the molecule is COc1ccc2nc(N3CCN(C(=O)c4ccc(S(=O)(=O)N(CCC#N)CCC#N)cc4)CC3)sc2c1. The van der Waals surface area contributed by atoms with Gasteiger partial charge in [-0.15, -0.1) is 0 Å². The molecule has 0 saturated carbocycles. The van der Waals surface area contributed by atoms with Gasteiger partial charge >= 0.3 is 0 Å². The summed E-state index contributed by atoms with van der Waals surface area (Å²) in [5.74, 6) is 0.623. The average molecular weight is 539 g/mol. The molecule has 0 bridgehead atoms. The van der Waals surface area contributed by atoms with Crippen LogP contribution >= 0.6 is 11.3 Å². The molecular weight excluding hydrogens is 512 g/mol. The van der Waals surface area contributed by atoms with E-state index in [1.54, 1.807) is 23.3 Å². The molecular formula is C25H26N6O4S2. The summed E-state index contributed by atoms with van der Waals surface area (Å²) in [6.45, 7) is 2.34. The van der Waals surface area contributed by atoms with E-state index in [2.05, 4.69) is 4.90 Å². The molecule has 192 valence electrons. The first-order chi connectivity index (χ1) is 17.9. The van der Waals surface area contributed by atoms with Crippen molar-refractivity contribution in [1.82, 2.24) is 14.2 Å². The highest BCUT2D eigenvalue weighted by molar-refractivity contribution is 7.89. The van der Waals surface area contributed by atoms with Gasteiger partial charge in [0, 0.05) is 57.7 Å². The largest absolute Gasteiger partial charge is 0.497 e. The summed E-state index contributed by atoms with van der Waals surface area (Å²) in [4.78, 5) is 21.7. The van der Waals surface area contributed by atoms with E-state index in [1.165, 1.54) is 24.3 Å². The molecule has 4 rings (SSSR count). The van der Waals surface area contributed by atoms with E-state index < -0.39 is 10.0 Å². The zero-order chi connectivity index (χ0) is 26.4. The lowest BCUT2D eigenvalue weighted by Gasteiger charge is -2.34. The van der Waals surface area contributed by atoms with E-state index >= 15 is 0 Å². The summed E-state index contributed by atoms with van der Waals surface area (Å²) in [5, 5.41) is 18.6. The van der Waals surface area contributed by atoms with Gasteiger partial charge in [0.2, 0.25) is 10.0 Å². The fourth-order valence-electron chi connectivity index (χ4n) is 4.06. The lowest BCUT2D eigenvalue weighted by atomic mass is 10.2. The Hall–Kier alpha value is -3.71. The van der Waals surface area contributed by atoms with Gasteiger partial charge in [0.1, 0.15) is 5.75 Å². The van der Waals surface area contributed by atoms with Crippen LogP contribution in [0.25, 0.3) is 10.2 Å². The molecule has 1 aliphatic rings. The van der Waals surface area contributed by atoms with E-state index in [-0.39, 0.29) is 36.7 Å². The normalized spacial score (nSPS) is 13.9. The summed E-state index contributed by atoms with van der Waals surface area (Å²) in [6.07, 6.45) is 0.0524. The number of anilines is 1. The van der Waals surface area contributed by atoms with Crippen molar-refractivity contribution in [2.75, 3.05) is 51.3 Å². The van der Waals surface area contributed by atoms with Crippen LogP contribution in [0.4, 0.5) is 5.13 Å². The van der Waals surface area contributed by atoms with E-state index in [4.69, 9.17) is 20.2 Å². The topological polar surface area (TPSA) is 131 Å². The summed E-state index contributed by atoms with van der Waals surface area (Å²) < 4.78 is 33.5. The van der Waals surface area contributed by atoms with Gasteiger partial charge in [0.05, 0.1) is 34.4 Å². The molecule has 1 aliphatic heterocycles. The third kappa shape index (κ3) is 5.83. The van der Waals surface area contributed by atoms with Crippen molar-refractivity contribution >= 4 is 42.6 Å². The number of fused-ring (bicyclic) bond motifs is 1. The fourth-order valence-corrected chi connectivity index (χ4v) is 6.55. The summed E-state index contributed by atoms with van der Waals surface area (Å²) in [5.41, 5.74) is 1.31. The molecule has 0 atom stereocenters. The number of sulfonamides is 1. The Labute approximate surface area is 220 Å². The van der Waals surface area contributed by atoms with Crippen LogP contribution in [0.5, 0.6) is 5.75 Å². The number of hydrogen-bond donors (Lipinski definition) is 0. The van der Waals surface area contributed by atoms with Gasteiger partial charge < -0.3 is 14.5 Å². The Morgan fingerprint density at radius 1 is 1.05 bits per heavy atom. The minimum atomic E-state index is -3.88. The van der Waals surface area contributed by atoms with Crippen molar-refractivity contribution in [1.29, 1.82) is 10.5 Å². The molecule has 10 nitrogen and oxygen atoms in total. The molecule has 0 unspecified atom stereocenters. The van der Waals surface area contributed by atoms with Crippen molar-refractivity contribution in [3.8, 4) is 17.9 Å². The first-order valence-electron chi connectivity index (χ1n) is 11.7. The number of nitriles is 2. The highest BCUT2D eigenvalue weighted by Crippen LogP contribution is 2.32. The molecule has 1 fully saturated rings. The number of aromatic nitrogens is 1. The van der Waals surface area contributed by atoms with Crippen molar-refractivity contribution in [3.63, 3.8) is 0 Å². The second-order valence-corrected chi connectivity index (χ2v) is 11.3. The molecule has 2 heterocycles. The molecule has 3 aromatic rings. The van der Waals surface area contributed by atoms with Gasteiger partial charge in [0.15, 0.2) is 5.13 Å². The number of carbonyl (C=O) groups excluding carboxylic acids is 1. The van der Waals surface area contributed by atoms with Crippen LogP contribution in [0.2, 0.25) is 0 Å². The Kier molecular flexibility index (Phi) is 8.24. The molecule has 0 spiro atoms. The van der Waals surface area contributed by atoms with Gasteiger partial charge in [-0.2, -0.15) is 14.8 Å². The number of hydrogen-bond acceptors (Lipinski definition) is 9. The smallest absolute Gasteiger partial charge is 0.253 e. The summed E-state index contributed by atoms with van der Waals surface area (Å²) in [7, 11) is -2.25. The lowest BCUT2D eigenvalue weighted by Crippen LogP contribution is -2.48. The molecule has 12 heteroatoms. The second-order valence-electron chi connectivity index (χ2n) is 8.35. The van der Waals surface area contributed by atoms with Gasteiger partial charge in [-0.3, -0.25) is 4.79 Å². The Balaban J connectivity index is 1.40. The molecule has 37 heavy (non-hydrogen) atoms. The number of carbonyl (C=O) groups is 1. The Morgan fingerprint density at radius 3 is 2.30 bits per heavy atom. The summed E-state index contributed by atoms with van der Waals surface area (Å²) >= 11 is 1.59. The molecule has 2 aromatic carbocycles. The first-order valence-corrected chi connectivity index (χ1v) is 14.0. The van der Waals surface area contributed by atoms with Crippen molar-refractivity contribution in [2.45, 2.75) is 17.7 Å². The number of thiazole rings is 1. The average Bonchev–Trinajstić information content (AvgIpc) is 3.36. The molecule has 0 radical (unpaired) electrons. The predicted molar refractivity (Wildman–Crippen MR) is 140 cm³/mol. The number of benzene rings is 2. The monoisotopic (exact) mass is 538 g/mol. The fraction of sp³-hybridized carbons (Fsp3) is 0.360. The van der Waals surface area contributed by atoms with Crippen LogP contribution in [-0.2, 0) is 10.0 Å².